The van der Waals surface area contributed by atoms with E-state index in [0.717, 1.165) is 93.5 Å². The lowest BCUT2D eigenvalue weighted by molar-refractivity contribution is 0.310. The number of anilines is 2. The second-order valence-corrected chi connectivity index (χ2v) is 11.8. The van der Waals surface area contributed by atoms with Gasteiger partial charge in [0.2, 0.25) is 0 Å². The minimum atomic E-state index is -0.196. The highest BCUT2D eigenvalue weighted by molar-refractivity contribution is 6.33. The molecule has 4 nitrogen and oxygen atoms in total. The Balaban J connectivity index is 1.99. The molecule has 3 aromatic rings. The van der Waals surface area contributed by atoms with Crippen molar-refractivity contribution < 1.29 is 0 Å². The van der Waals surface area contributed by atoms with Crippen molar-refractivity contribution in [1.29, 1.82) is 0 Å². The molecule has 0 unspecified atom stereocenters. The number of halogens is 3. The molecule has 3 rings (SSSR count). The summed E-state index contributed by atoms with van der Waals surface area (Å²) in [7, 11) is 0. The second-order valence-electron chi connectivity index (χ2n) is 10.6. The lowest BCUT2D eigenvalue weighted by Gasteiger charge is -2.29. The molecule has 0 heterocycles. The largest absolute Gasteiger partial charge is 0.370 e. The summed E-state index contributed by atoms with van der Waals surface area (Å²) < 4.78 is 0. The van der Waals surface area contributed by atoms with Gasteiger partial charge in [-0.1, -0.05) is 92.8 Å². The molecule has 0 aliphatic rings. The molecule has 0 N–H and O–H groups in total. The molecule has 3 aromatic carbocycles. The van der Waals surface area contributed by atoms with Crippen LogP contribution in [0.1, 0.15) is 64.2 Å². The third-order valence-electron chi connectivity index (χ3n) is 8.46. The van der Waals surface area contributed by atoms with Crippen molar-refractivity contribution in [3.05, 3.63) is 92.4 Å². The molecular weight excluding hydrogens is 583 g/mol. The van der Waals surface area contributed by atoms with Crippen LogP contribution in [-0.4, -0.2) is 75.2 Å². The molecule has 0 aliphatic heterocycles. The van der Waals surface area contributed by atoms with Crippen molar-refractivity contribution in [3.8, 4) is 0 Å². The minimum Gasteiger partial charge on any atom is -0.370 e. The van der Waals surface area contributed by atoms with Gasteiger partial charge in [-0.3, -0.25) is 0 Å². The molecule has 0 fully saturated rings. The van der Waals surface area contributed by atoms with Crippen molar-refractivity contribution >= 4 is 46.2 Å². The van der Waals surface area contributed by atoms with E-state index >= 15 is 0 Å². The van der Waals surface area contributed by atoms with Crippen LogP contribution in [0, 0.1) is 0 Å². The number of hydrogen-bond acceptors (Lipinski definition) is 4. The van der Waals surface area contributed by atoms with Gasteiger partial charge in [0.25, 0.3) is 0 Å². The molecule has 0 saturated carbocycles. The van der Waals surface area contributed by atoms with Crippen LogP contribution in [0.25, 0.3) is 0 Å². The maximum absolute atomic E-state index is 7.11. The van der Waals surface area contributed by atoms with Gasteiger partial charge in [0.05, 0.1) is 0 Å². The van der Waals surface area contributed by atoms with Gasteiger partial charge >= 0.3 is 0 Å². The number of nitrogens with zero attached hydrogens (tertiary/aromatic N) is 4. The molecule has 0 saturated heterocycles. The van der Waals surface area contributed by atoms with E-state index in [0.29, 0.717) is 15.1 Å². The van der Waals surface area contributed by atoms with E-state index < -0.39 is 0 Å². The van der Waals surface area contributed by atoms with Crippen molar-refractivity contribution in [2.45, 2.75) is 47.5 Å². The third kappa shape index (κ3) is 8.80. The van der Waals surface area contributed by atoms with Crippen LogP contribution in [0.2, 0.25) is 15.1 Å². The maximum atomic E-state index is 7.11. The predicted molar refractivity (Wildman–Crippen MR) is 187 cm³/mol. The van der Waals surface area contributed by atoms with Gasteiger partial charge in [-0.15, -0.1) is 0 Å². The Bertz CT molecular complexity index is 1170. The van der Waals surface area contributed by atoms with E-state index in [1.54, 1.807) is 0 Å². The SMILES string of the molecule is CCN(CC)CCN(CC)c1ccc(C(c2ccccc2Cl)c2ccc(N(CC)CCN(CC)CC)cc2Cl)c(Cl)c1. The molecule has 0 atom stereocenters. The summed E-state index contributed by atoms with van der Waals surface area (Å²) in [5, 5.41) is 2.13. The van der Waals surface area contributed by atoms with E-state index in [2.05, 4.69) is 104 Å². The summed E-state index contributed by atoms with van der Waals surface area (Å²) in [5.41, 5.74) is 5.24. The van der Waals surface area contributed by atoms with Crippen molar-refractivity contribution in [1.82, 2.24) is 9.80 Å². The number of hydrogen-bond donors (Lipinski definition) is 0. The fourth-order valence-corrected chi connectivity index (χ4v) is 6.46. The minimum absolute atomic E-state index is 0.196. The molecule has 0 radical (unpaired) electrons. The Morgan fingerprint density at radius 2 is 0.881 bits per heavy atom. The summed E-state index contributed by atoms with van der Waals surface area (Å²) in [4.78, 5) is 9.66. The van der Waals surface area contributed by atoms with Gasteiger partial charge in [0, 0.05) is 71.6 Å². The molecule has 0 spiro atoms. The molecule has 0 bridgehead atoms. The van der Waals surface area contributed by atoms with Gasteiger partial charge in [-0.2, -0.15) is 0 Å². The van der Waals surface area contributed by atoms with Crippen LogP contribution in [0.3, 0.4) is 0 Å². The highest BCUT2D eigenvalue weighted by Crippen LogP contribution is 2.43. The Labute approximate surface area is 270 Å². The maximum Gasteiger partial charge on any atom is 0.0468 e. The van der Waals surface area contributed by atoms with Crippen LogP contribution in [0.4, 0.5) is 11.4 Å². The molecule has 0 aromatic heterocycles. The average Bonchev–Trinajstić information content (AvgIpc) is 3.00. The Hall–Kier alpha value is -1.95. The highest BCUT2D eigenvalue weighted by atomic mass is 35.5. The molecule has 42 heavy (non-hydrogen) atoms. The van der Waals surface area contributed by atoms with Crippen molar-refractivity contribution in [3.63, 3.8) is 0 Å². The van der Waals surface area contributed by atoms with E-state index in [4.69, 9.17) is 34.8 Å². The lowest BCUT2D eigenvalue weighted by Crippen LogP contribution is -2.35. The Morgan fingerprint density at radius 3 is 1.24 bits per heavy atom. The number of likely N-dealkylation sites (N-methyl/N-ethyl adjacent to an activating group) is 4. The molecule has 7 heteroatoms. The van der Waals surface area contributed by atoms with E-state index in [9.17, 15) is 0 Å². The summed E-state index contributed by atoms with van der Waals surface area (Å²) in [6.07, 6.45) is 0. The van der Waals surface area contributed by atoms with E-state index in [1.165, 1.54) is 0 Å². The Morgan fingerprint density at radius 1 is 0.476 bits per heavy atom. The zero-order chi connectivity index (χ0) is 30.6. The Kier molecular flexibility index (Phi) is 14.3. The normalized spacial score (nSPS) is 11.6. The molecular formula is C35H49Cl3N4. The van der Waals surface area contributed by atoms with Gasteiger partial charge < -0.3 is 19.6 Å². The van der Waals surface area contributed by atoms with Crippen LogP contribution in [-0.2, 0) is 0 Å². The van der Waals surface area contributed by atoms with Gasteiger partial charge in [0.15, 0.2) is 0 Å². The summed E-state index contributed by atoms with van der Waals surface area (Å²) >= 11 is 21.0. The lowest BCUT2D eigenvalue weighted by atomic mass is 9.84. The zero-order valence-electron chi connectivity index (χ0n) is 26.3. The van der Waals surface area contributed by atoms with Gasteiger partial charge in [0.1, 0.15) is 0 Å². The molecule has 0 amide bonds. The molecule has 0 aliphatic carbocycles. The van der Waals surface area contributed by atoms with Crippen molar-refractivity contribution in [2.75, 3.05) is 75.2 Å². The topological polar surface area (TPSA) is 13.0 Å². The van der Waals surface area contributed by atoms with Gasteiger partial charge in [-0.05, 0) is 87.0 Å². The molecule has 230 valence electrons. The first kappa shape index (κ1) is 34.5. The van der Waals surface area contributed by atoms with Crippen LogP contribution in [0.5, 0.6) is 0 Å². The highest BCUT2D eigenvalue weighted by Gasteiger charge is 2.25. The average molecular weight is 632 g/mol. The number of rotatable bonds is 17. The predicted octanol–water partition coefficient (Wildman–Crippen LogP) is 9.16. The second kappa shape index (κ2) is 17.4. The van der Waals surface area contributed by atoms with Gasteiger partial charge in [-0.25, -0.2) is 0 Å². The van der Waals surface area contributed by atoms with Crippen LogP contribution < -0.4 is 9.80 Å². The first-order valence-electron chi connectivity index (χ1n) is 15.6. The van der Waals surface area contributed by atoms with Crippen molar-refractivity contribution in [2.24, 2.45) is 0 Å². The van der Waals surface area contributed by atoms with E-state index in [1.807, 2.05) is 18.2 Å². The smallest absolute Gasteiger partial charge is 0.0468 e. The fraction of sp³-hybridized carbons (Fsp3) is 0.486. The fourth-order valence-electron chi connectivity index (χ4n) is 5.65. The van der Waals surface area contributed by atoms with Crippen LogP contribution in [0.15, 0.2) is 60.7 Å². The quantitative estimate of drug-likeness (QED) is 0.138. The monoisotopic (exact) mass is 630 g/mol. The summed E-state index contributed by atoms with van der Waals surface area (Å²) in [6, 6.07) is 20.9. The first-order valence-corrected chi connectivity index (χ1v) is 16.7. The third-order valence-corrected chi connectivity index (χ3v) is 9.46. The summed E-state index contributed by atoms with van der Waals surface area (Å²) in [6.45, 7) is 23.2. The summed E-state index contributed by atoms with van der Waals surface area (Å²) in [5.74, 6) is -0.196. The standard InChI is InChI=1S/C35H49Cl3N4/c1-7-39(8-2)21-23-41(11-5)27-17-19-30(33(37)25-27)35(29-15-13-14-16-32(29)36)31-20-18-28(26-34(31)38)42(12-6)24-22-40(9-3)10-4/h13-20,25-26,35H,7-12,21-24H2,1-6H3. The van der Waals surface area contributed by atoms with Crippen LogP contribution >= 0.6 is 34.8 Å². The first-order chi connectivity index (χ1) is 20.3. The number of benzene rings is 3. The van der Waals surface area contributed by atoms with E-state index in [-0.39, 0.29) is 5.92 Å². The zero-order valence-corrected chi connectivity index (χ0v) is 28.6.